The molecule has 0 fully saturated rings. The van der Waals surface area contributed by atoms with Gasteiger partial charge in [-0.25, -0.2) is 9.18 Å². The summed E-state index contributed by atoms with van der Waals surface area (Å²) < 4.78 is 28.0. The minimum atomic E-state index is -0.797. The van der Waals surface area contributed by atoms with E-state index in [1.807, 2.05) is 0 Å². The van der Waals surface area contributed by atoms with Gasteiger partial charge in [-0.1, -0.05) is 35.0 Å². The van der Waals surface area contributed by atoms with Gasteiger partial charge in [0, 0.05) is 7.05 Å². The molecule has 33 heavy (non-hydrogen) atoms. The maximum atomic E-state index is 14.4. The number of halogens is 2. The van der Waals surface area contributed by atoms with Crippen molar-refractivity contribution in [3.8, 4) is 11.3 Å². The Morgan fingerprint density at radius 1 is 1.18 bits per heavy atom. The van der Waals surface area contributed by atoms with Gasteiger partial charge in [0.1, 0.15) is 22.8 Å². The number of ether oxygens (including phenoxy) is 1. The highest BCUT2D eigenvalue weighted by atomic mass is 35.5. The Hall–Kier alpha value is -4.05. The number of esters is 1. The van der Waals surface area contributed by atoms with Crippen LogP contribution in [-0.4, -0.2) is 30.3 Å². The number of rotatable bonds is 4. The van der Waals surface area contributed by atoms with Crippen molar-refractivity contribution in [3.63, 3.8) is 0 Å². The zero-order chi connectivity index (χ0) is 23.3. The highest BCUT2D eigenvalue weighted by Crippen LogP contribution is 2.33. The van der Waals surface area contributed by atoms with Gasteiger partial charge in [0.05, 0.1) is 21.5 Å². The minimum absolute atomic E-state index is 0.0481. The van der Waals surface area contributed by atoms with Gasteiger partial charge >= 0.3 is 5.97 Å². The van der Waals surface area contributed by atoms with Gasteiger partial charge in [0.15, 0.2) is 12.4 Å². The van der Waals surface area contributed by atoms with E-state index in [0.29, 0.717) is 22.5 Å². The molecule has 0 atom stereocenters. The standard InChI is InChI=1S/C22H15ClFN5O4/c1-11-17(19(27-33-11)18-13(23)7-5-8-14(18)24)21(31)32-10-16-25-26-22-28(2)20(30)12-6-3-4-9-15(12)29(16)22/h3-9H,10H2,1-2H3. The summed E-state index contributed by atoms with van der Waals surface area (Å²) in [5, 5.41) is 12.5. The van der Waals surface area contributed by atoms with Crippen LogP contribution in [0.3, 0.4) is 0 Å². The molecule has 3 aromatic heterocycles. The first-order valence-corrected chi connectivity index (χ1v) is 10.2. The van der Waals surface area contributed by atoms with Crippen LogP contribution in [0.4, 0.5) is 4.39 Å². The molecule has 0 bridgehead atoms. The summed E-state index contributed by atoms with van der Waals surface area (Å²) in [6.07, 6.45) is 0. The first-order valence-electron chi connectivity index (χ1n) is 9.78. The van der Waals surface area contributed by atoms with Crippen molar-refractivity contribution < 1.29 is 18.4 Å². The largest absolute Gasteiger partial charge is 0.454 e. The molecule has 0 unspecified atom stereocenters. The number of benzene rings is 2. The second-order valence-corrected chi connectivity index (χ2v) is 7.68. The fourth-order valence-corrected chi connectivity index (χ4v) is 3.95. The third-order valence-corrected chi connectivity index (χ3v) is 5.61. The molecule has 0 radical (unpaired) electrons. The van der Waals surface area contributed by atoms with E-state index in [1.165, 1.54) is 29.7 Å². The molecular formula is C22H15ClFN5O4. The summed E-state index contributed by atoms with van der Waals surface area (Å²) in [4.78, 5) is 25.5. The van der Waals surface area contributed by atoms with Crippen LogP contribution >= 0.6 is 11.6 Å². The molecule has 3 heterocycles. The summed E-state index contributed by atoms with van der Waals surface area (Å²) in [7, 11) is 1.58. The SMILES string of the molecule is Cc1onc(-c2c(F)cccc2Cl)c1C(=O)OCc1nnc2n(C)c(=O)c3ccccc3n12. The lowest BCUT2D eigenvalue weighted by molar-refractivity contribution is 0.0460. The van der Waals surface area contributed by atoms with Crippen LogP contribution in [0.5, 0.6) is 0 Å². The lowest BCUT2D eigenvalue weighted by atomic mass is 10.1. The molecule has 2 aromatic carbocycles. The summed E-state index contributed by atoms with van der Waals surface area (Å²) >= 11 is 6.13. The first-order chi connectivity index (χ1) is 15.9. The zero-order valence-electron chi connectivity index (χ0n) is 17.4. The molecule has 0 spiro atoms. The van der Waals surface area contributed by atoms with E-state index in [0.717, 1.165) is 0 Å². The summed E-state index contributed by atoms with van der Waals surface area (Å²) in [6.45, 7) is 1.24. The minimum Gasteiger partial charge on any atom is -0.454 e. The monoisotopic (exact) mass is 467 g/mol. The van der Waals surface area contributed by atoms with Gasteiger partial charge < -0.3 is 9.26 Å². The first kappa shape index (κ1) is 20.8. The molecular weight excluding hydrogens is 453 g/mol. The van der Waals surface area contributed by atoms with Gasteiger partial charge in [-0.3, -0.25) is 13.8 Å². The second-order valence-electron chi connectivity index (χ2n) is 7.27. The van der Waals surface area contributed by atoms with E-state index in [2.05, 4.69) is 15.4 Å². The van der Waals surface area contributed by atoms with Crippen LogP contribution in [0, 0.1) is 12.7 Å². The molecule has 0 aliphatic rings. The van der Waals surface area contributed by atoms with Crippen molar-refractivity contribution in [2.45, 2.75) is 13.5 Å². The average molecular weight is 468 g/mol. The van der Waals surface area contributed by atoms with E-state index in [4.69, 9.17) is 20.9 Å². The quantitative estimate of drug-likeness (QED) is 0.371. The van der Waals surface area contributed by atoms with Crippen molar-refractivity contribution in [1.29, 1.82) is 0 Å². The van der Waals surface area contributed by atoms with E-state index in [1.54, 1.807) is 35.7 Å². The van der Waals surface area contributed by atoms with Crippen LogP contribution in [0.25, 0.3) is 27.9 Å². The Kier molecular flexibility index (Phi) is 4.94. The Bertz CT molecular complexity index is 1600. The number of hydrogen-bond donors (Lipinski definition) is 0. The van der Waals surface area contributed by atoms with Crippen LogP contribution in [0.2, 0.25) is 5.02 Å². The van der Waals surface area contributed by atoms with E-state index < -0.39 is 11.8 Å². The Labute approximate surface area is 190 Å². The fraction of sp³-hybridized carbons (Fsp3) is 0.136. The normalized spacial score (nSPS) is 11.4. The zero-order valence-corrected chi connectivity index (χ0v) is 18.1. The Morgan fingerprint density at radius 2 is 1.97 bits per heavy atom. The number of hydrogen-bond acceptors (Lipinski definition) is 7. The molecule has 0 saturated carbocycles. The van der Waals surface area contributed by atoms with Crippen molar-refractivity contribution in [2.75, 3.05) is 0 Å². The van der Waals surface area contributed by atoms with Crippen LogP contribution in [0.1, 0.15) is 21.9 Å². The predicted octanol–water partition coefficient (Wildman–Crippen LogP) is 3.69. The molecule has 11 heteroatoms. The van der Waals surface area contributed by atoms with Crippen molar-refractivity contribution in [3.05, 3.63) is 80.8 Å². The lowest BCUT2D eigenvalue weighted by Gasteiger charge is -2.09. The number of para-hydroxylation sites is 1. The Morgan fingerprint density at radius 3 is 2.76 bits per heavy atom. The number of aryl methyl sites for hydroxylation is 2. The van der Waals surface area contributed by atoms with Crippen molar-refractivity contribution >= 4 is 34.3 Å². The maximum absolute atomic E-state index is 14.4. The topological polar surface area (TPSA) is 105 Å². The smallest absolute Gasteiger partial charge is 0.344 e. The molecule has 9 nitrogen and oxygen atoms in total. The van der Waals surface area contributed by atoms with E-state index in [-0.39, 0.29) is 39.8 Å². The molecule has 0 aliphatic carbocycles. The molecule has 0 amide bonds. The highest BCUT2D eigenvalue weighted by Gasteiger charge is 2.27. The van der Waals surface area contributed by atoms with E-state index in [9.17, 15) is 14.0 Å². The third-order valence-electron chi connectivity index (χ3n) is 5.29. The molecule has 5 aromatic rings. The number of fused-ring (bicyclic) bond motifs is 3. The summed E-state index contributed by atoms with van der Waals surface area (Å²) in [5.74, 6) is -0.711. The fourth-order valence-electron chi connectivity index (χ4n) is 3.70. The highest BCUT2D eigenvalue weighted by molar-refractivity contribution is 6.33. The van der Waals surface area contributed by atoms with Crippen molar-refractivity contribution in [2.24, 2.45) is 7.05 Å². The lowest BCUT2D eigenvalue weighted by Crippen LogP contribution is -2.20. The number of nitrogens with zero attached hydrogens (tertiary/aromatic N) is 5. The Balaban J connectivity index is 1.53. The van der Waals surface area contributed by atoms with Gasteiger partial charge in [0.2, 0.25) is 5.78 Å². The van der Waals surface area contributed by atoms with Crippen molar-refractivity contribution in [1.82, 2.24) is 24.3 Å². The molecule has 5 rings (SSSR count). The third kappa shape index (κ3) is 3.26. The molecule has 0 N–H and O–H groups in total. The second kappa shape index (κ2) is 7.82. The number of carbonyl (C=O) groups excluding carboxylic acids is 1. The van der Waals surface area contributed by atoms with Gasteiger partial charge in [-0.05, 0) is 31.2 Å². The van der Waals surface area contributed by atoms with Gasteiger partial charge in [-0.15, -0.1) is 10.2 Å². The van der Waals surface area contributed by atoms with Crippen LogP contribution in [-0.2, 0) is 18.4 Å². The maximum Gasteiger partial charge on any atom is 0.344 e. The van der Waals surface area contributed by atoms with Crippen LogP contribution < -0.4 is 5.56 Å². The molecule has 0 saturated heterocycles. The number of carbonyl (C=O) groups is 1. The predicted molar refractivity (Wildman–Crippen MR) is 116 cm³/mol. The van der Waals surface area contributed by atoms with Crippen LogP contribution in [0.15, 0.2) is 51.8 Å². The average Bonchev–Trinajstić information content (AvgIpc) is 3.40. The van der Waals surface area contributed by atoms with Gasteiger partial charge in [0.25, 0.3) is 5.56 Å². The molecule has 0 aliphatic heterocycles. The number of aromatic nitrogens is 5. The molecule has 166 valence electrons. The van der Waals surface area contributed by atoms with Gasteiger partial charge in [-0.2, -0.15) is 0 Å². The summed E-state index contributed by atoms with van der Waals surface area (Å²) in [5.41, 5.74) is 0.191. The van der Waals surface area contributed by atoms with E-state index >= 15 is 0 Å². The summed E-state index contributed by atoms with van der Waals surface area (Å²) in [6, 6.07) is 11.1.